The molecule has 1 aliphatic heterocycles. The van der Waals surface area contributed by atoms with E-state index in [-0.39, 0.29) is 31.1 Å². The Morgan fingerprint density at radius 2 is 2.00 bits per heavy atom. The molecule has 0 unspecified atom stereocenters. The van der Waals surface area contributed by atoms with Crippen LogP contribution in [0.4, 0.5) is 4.79 Å². The average Bonchev–Trinajstić information content (AvgIpc) is 2.73. The molecule has 1 heterocycles. The fourth-order valence-electron chi connectivity index (χ4n) is 2.89. The van der Waals surface area contributed by atoms with Gasteiger partial charge in [-0.15, -0.1) is 0 Å². The summed E-state index contributed by atoms with van der Waals surface area (Å²) in [4.78, 5) is 38.4. The van der Waals surface area contributed by atoms with E-state index in [0.717, 1.165) is 0 Å². The van der Waals surface area contributed by atoms with E-state index in [0.29, 0.717) is 6.54 Å². The first-order valence-corrected chi connectivity index (χ1v) is 7.50. The normalized spacial score (nSPS) is 24.5. The molecule has 1 aliphatic rings. The molecular formula is C14H26N4O4. The van der Waals surface area contributed by atoms with Crippen molar-refractivity contribution in [1.29, 1.82) is 0 Å². The third kappa shape index (κ3) is 3.88. The lowest BCUT2D eigenvalue weighted by Gasteiger charge is -2.34. The Hall–Kier alpha value is -1.83. The van der Waals surface area contributed by atoms with Crippen molar-refractivity contribution in [2.45, 2.75) is 45.8 Å². The molecule has 22 heavy (non-hydrogen) atoms. The Bertz CT molecular complexity index is 441. The van der Waals surface area contributed by atoms with Crippen LogP contribution in [0, 0.1) is 5.92 Å². The zero-order valence-electron chi connectivity index (χ0n) is 13.6. The van der Waals surface area contributed by atoms with Gasteiger partial charge in [0, 0.05) is 38.6 Å². The number of carboxylic acid groups (broad SMARTS) is 1. The number of likely N-dealkylation sites (tertiary alicyclic amines) is 1. The highest BCUT2D eigenvalue weighted by Crippen LogP contribution is 2.25. The predicted molar refractivity (Wildman–Crippen MR) is 81.2 cm³/mol. The molecule has 4 N–H and O–H groups in total. The second-order valence-electron chi connectivity index (χ2n) is 5.85. The number of nitrogens with two attached hydrogens (primary N) is 1. The number of nitrogens with one attached hydrogen (secondary N) is 1. The summed E-state index contributed by atoms with van der Waals surface area (Å²) in [5.74, 6) is -2.21. The summed E-state index contributed by atoms with van der Waals surface area (Å²) in [5.41, 5.74) is 5.92. The number of nitrogens with zero attached hydrogens (tertiary/aromatic N) is 2. The first-order chi connectivity index (χ1) is 10.2. The van der Waals surface area contributed by atoms with Gasteiger partial charge >= 0.3 is 12.0 Å². The highest BCUT2D eigenvalue weighted by Gasteiger charge is 2.47. The van der Waals surface area contributed by atoms with Crippen LogP contribution in [0.3, 0.4) is 0 Å². The standard InChI is InChI=1S/C14H26N4O4/c1-5-17(8(2)3)14(22)18-7-10(15)12(13(20)21)11(18)6-16-9(4)19/h8,10-12H,5-7,15H2,1-4H3,(H,16,19)(H,20,21)/t10-,11-,12-/m0/s1. The van der Waals surface area contributed by atoms with Gasteiger partial charge in [0.1, 0.15) is 0 Å². The van der Waals surface area contributed by atoms with E-state index in [1.165, 1.54) is 11.8 Å². The minimum atomic E-state index is -1.05. The second-order valence-corrected chi connectivity index (χ2v) is 5.85. The van der Waals surface area contributed by atoms with Crippen LogP contribution in [0.25, 0.3) is 0 Å². The van der Waals surface area contributed by atoms with Gasteiger partial charge in [0.05, 0.1) is 12.0 Å². The average molecular weight is 314 g/mol. The van der Waals surface area contributed by atoms with Gasteiger partial charge in [-0.2, -0.15) is 0 Å². The SMILES string of the molecule is CCN(C(=O)N1C[C@H](N)[C@H](C(=O)O)[C@@H]1CNC(C)=O)C(C)C. The molecule has 0 aliphatic carbocycles. The van der Waals surface area contributed by atoms with Gasteiger partial charge < -0.3 is 26.0 Å². The third-order valence-corrected chi connectivity index (χ3v) is 3.98. The Morgan fingerprint density at radius 1 is 1.41 bits per heavy atom. The monoisotopic (exact) mass is 314 g/mol. The number of aliphatic carboxylic acids is 1. The smallest absolute Gasteiger partial charge is 0.320 e. The van der Waals surface area contributed by atoms with E-state index in [1.54, 1.807) is 4.90 Å². The van der Waals surface area contributed by atoms with Crippen molar-refractivity contribution < 1.29 is 19.5 Å². The summed E-state index contributed by atoms with van der Waals surface area (Å²) >= 11 is 0. The fourth-order valence-corrected chi connectivity index (χ4v) is 2.89. The maximum absolute atomic E-state index is 12.7. The topological polar surface area (TPSA) is 116 Å². The molecule has 126 valence electrons. The van der Waals surface area contributed by atoms with Crippen molar-refractivity contribution in [3.05, 3.63) is 0 Å². The van der Waals surface area contributed by atoms with Gasteiger partial charge in [-0.1, -0.05) is 0 Å². The van der Waals surface area contributed by atoms with Crippen LogP contribution in [0.2, 0.25) is 0 Å². The molecule has 8 nitrogen and oxygen atoms in total. The van der Waals surface area contributed by atoms with Crippen LogP contribution in [-0.4, -0.2) is 70.6 Å². The van der Waals surface area contributed by atoms with Gasteiger partial charge in [-0.3, -0.25) is 9.59 Å². The maximum Gasteiger partial charge on any atom is 0.320 e. The molecule has 0 saturated carbocycles. The number of urea groups is 1. The van der Waals surface area contributed by atoms with Crippen molar-refractivity contribution in [2.75, 3.05) is 19.6 Å². The molecular weight excluding hydrogens is 288 g/mol. The summed E-state index contributed by atoms with van der Waals surface area (Å²) in [6, 6.07) is -1.53. The highest BCUT2D eigenvalue weighted by molar-refractivity contribution is 5.80. The van der Waals surface area contributed by atoms with E-state index in [9.17, 15) is 19.5 Å². The van der Waals surface area contributed by atoms with Crippen LogP contribution in [0.15, 0.2) is 0 Å². The Labute approximate surface area is 130 Å². The fraction of sp³-hybridized carbons (Fsp3) is 0.786. The predicted octanol–water partition coefficient (Wildman–Crippen LogP) is -0.315. The summed E-state index contributed by atoms with van der Waals surface area (Å²) in [6.07, 6.45) is 0. The number of carbonyl (C=O) groups is 3. The molecule has 0 aromatic rings. The minimum absolute atomic E-state index is 0.000908. The van der Waals surface area contributed by atoms with Crippen LogP contribution in [0.1, 0.15) is 27.7 Å². The molecule has 0 radical (unpaired) electrons. The summed E-state index contributed by atoms with van der Waals surface area (Å²) in [6.45, 7) is 7.79. The number of hydrogen-bond donors (Lipinski definition) is 3. The molecule has 8 heteroatoms. The quantitative estimate of drug-likeness (QED) is 0.643. The van der Waals surface area contributed by atoms with Crippen LogP contribution in [-0.2, 0) is 9.59 Å². The highest BCUT2D eigenvalue weighted by atomic mass is 16.4. The van der Waals surface area contributed by atoms with Gasteiger partial charge in [0.25, 0.3) is 0 Å². The number of carbonyl (C=O) groups excluding carboxylic acids is 2. The molecule has 0 aromatic carbocycles. The zero-order valence-corrected chi connectivity index (χ0v) is 13.6. The maximum atomic E-state index is 12.7. The van der Waals surface area contributed by atoms with Gasteiger partial charge in [0.15, 0.2) is 0 Å². The number of hydrogen-bond acceptors (Lipinski definition) is 4. The van der Waals surface area contributed by atoms with Crippen LogP contribution >= 0.6 is 0 Å². The largest absolute Gasteiger partial charge is 0.481 e. The minimum Gasteiger partial charge on any atom is -0.481 e. The lowest BCUT2D eigenvalue weighted by Crippen LogP contribution is -2.52. The van der Waals surface area contributed by atoms with E-state index < -0.39 is 24.0 Å². The van der Waals surface area contributed by atoms with Crippen LogP contribution < -0.4 is 11.1 Å². The van der Waals surface area contributed by atoms with Gasteiger partial charge in [-0.05, 0) is 20.8 Å². The lowest BCUT2D eigenvalue weighted by molar-refractivity contribution is -0.143. The second kappa shape index (κ2) is 7.44. The Kier molecular flexibility index (Phi) is 6.16. The summed E-state index contributed by atoms with van der Waals surface area (Å²) < 4.78 is 0. The lowest BCUT2D eigenvalue weighted by atomic mass is 9.97. The first kappa shape index (κ1) is 18.2. The van der Waals surface area contributed by atoms with Gasteiger partial charge in [-0.25, -0.2) is 4.79 Å². The first-order valence-electron chi connectivity index (χ1n) is 7.50. The van der Waals surface area contributed by atoms with Crippen molar-refractivity contribution in [1.82, 2.24) is 15.1 Å². The summed E-state index contributed by atoms with van der Waals surface area (Å²) in [7, 11) is 0. The third-order valence-electron chi connectivity index (χ3n) is 3.98. The van der Waals surface area contributed by atoms with Crippen LogP contribution in [0.5, 0.6) is 0 Å². The molecule has 0 aromatic heterocycles. The number of rotatable bonds is 5. The van der Waals surface area contributed by atoms with Crippen molar-refractivity contribution in [2.24, 2.45) is 11.7 Å². The molecule has 1 saturated heterocycles. The molecule has 3 amide bonds. The Balaban J connectivity index is 3.01. The van der Waals surface area contributed by atoms with E-state index in [1.807, 2.05) is 20.8 Å². The van der Waals surface area contributed by atoms with Gasteiger partial charge in [0.2, 0.25) is 5.91 Å². The molecule has 3 atom stereocenters. The number of amides is 3. The Morgan fingerprint density at radius 3 is 2.41 bits per heavy atom. The van der Waals surface area contributed by atoms with Crippen molar-refractivity contribution in [3.8, 4) is 0 Å². The van der Waals surface area contributed by atoms with E-state index in [2.05, 4.69) is 5.32 Å². The number of carboxylic acids is 1. The molecule has 0 bridgehead atoms. The molecule has 1 fully saturated rings. The zero-order chi connectivity index (χ0) is 17.0. The summed E-state index contributed by atoms with van der Waals surface area (Å²) in [5, 5.41) is 12.0. The molecule has 1 rings (SSSR count). The molecule has 0 spiro atoms. The van der Waals surface area contributed by atoms with Crippen molar-refractivity contribution in [3.63, 3.8) is 0 Å². The van der Waals surface area contributed by atoms with Crippen molar-refractivity contribution >= 4 is 17.9 Å². The van der Waals surface area contributed by atoms with E-state index in [4.69, 9.17) is 5.73 Å². The van der Waals surface area contributed by atoms with E-state index >= 15 is 0 Å².